The molecule has 2 atom stereocenters. The highest BCUT2D eigenvalue weighted by atomic mass is 16.6. The van der Waals surface area contributed by atoms with E-state index in [1.54, 1.807) is 0 Å². The van der Waals surface area contributed by atoms with E-state index in [4.69, 9.17) is 5.73 Å². The van der Waals surface area contributed by atoms with Crippen molar-refractivity contribution < 1.29 is 4.92 Å². The highest BCUT2D eigenvalue weighted by molar-refractivity contribution is 5.35. The first-order valence-electron chi connectivity index (χ1n) is 6.05. The van der Waals surface area contributed by atoms with Crippen molar-refractivity contribution in [3.05, 3.63) is 22.5 Å². The van der Waals surface area contributed by atoms with Crippen molar-refractivity contribution in [1.29, 1.82) is 0 Å². The normalized spacial score (nSPS) is 24.0. The smallest absolute Gasteiger partial charge is 0.305 e. The average Bonchev–Trinajstić information content (AvgIpc) is 2.39. The number of piperidine rings is 1. The summed E-state index contributed by atoms with van der Waals surface area (Å²) < 4.78 is 0. The second-order valence-corrected chi connectivity index (χ2v) is 4.68. The third kappa shape index (κ3) is 2.56. The second-order valence-electron chi connectivity index (χ2n) is 4.68. The number of hydrogen-bond acceptors (Lipinski definition) is 6. The summed E-state index contributed by atoms with van der Waals surface area (Å²) >= 11 is 0. The lowest BCUT2D eigenvalue weighted by molar-refractivity contribution is -0.385. The molecule has 2 unspecified atom stereocenters. The SMILES string of the molecule is CC1CCC(CN)CN1c1ncc([N+](=O)[O-])cn1. The van der Waals surface area contributed by atoms with E-state index in [2.05, 4.69) is 21.8 Å². The predicted molar refractivity (Wildman–Crippen MR) is 67.3 cm³/mol. The Bertz CT molecular complexity index is 422. The number of nitrogens with two attached hydrogens (primary N) is 1. The van der Waals surface area contributed by atoms with Gasteiger partial charge in [-0.1, -0.05) is 0 Å². The van der Waals surface area contributed by atoms with Gasteiger partial charge in [0.2, 0.25) is 5.95 Å². The molecule has 1 aromatic heterocycles. The Morgan fingerprint density at radius 3 is 2.72 bits per heavy atom. The van der Waals surface area contributed by atoms with Crippen LogP contribution in [-0.2, 0) is 0 Å². The standard InChI is InChI=1S/C11H17N5O2/c1-8-2-3-9(4-12)7-15(8)11-13-5-10(6-14-11)16(17)18/h5-6,8-9H,2-4,7,12H2,1H3. The largest absolute Gasteiger partial charge is 0.338 e. The zero-order valence-electron chi connectivity index (χ0n) is 10.3. The number of hydrogen-bond donors (Lipinski definition) is 1. The Morgan fingerprint density at radius 1 is 1.50 bits per heavy atom. The van der Waals surface area contributed by atoms with Crippen molar-refractivity contribution in [2.45, 2.75) is 25.8 Å². The molecule has 7 nitrogen and oxygen atoms in total. The van der Waals surface area contributed by atoms with Crippen molar-refractivity contribution in [3.8, 4) is 0 Å². The van der Waals surface area contributed by atoms with Crippen molar-refractivity contribution in [2.75, 3.05) is 18.0 Å². The van der Waals surface area contributed by atoms with Crippen LogP contribution in [0.5, 0.6) is 0 Å². The van der Waals surface area contributed by atoms with Gasteiger partial charge in [-0.3, -0.25) is 10.1 Å². The molecule has 0 radical (unpaired) electrons. The van der Waals surface area contributed by atoms with Gasteiger partial charge in [0.15, 0.2) is 0 Å². The quantitative estimate of drug-likeness (QED) is 0.634. The summed E-state index contributed by atoms with van der Waals surface area (Å²) in [5, 5.41) is 10.5. The molecule has 1 aromatic rings. The van der Waals surface area contributed by atoms with Gasteiger partial charge in [-0.25, -0.2) is 9.97 Å². The fraction of sp³-hybridized carbons (Fsp3) is 0.636. The minimum absolute atomic E-state index is 0.0845. The Hall–Kier alpha value is -1.76. The molecular weight excluding hydrogens is 234 g/mol. The van der Waals surface area contributed by atoms with Gasteiger partial charge < -0.3 is 10.6 Å². The fourth-order valence-corrected chi connectivity index (χ4v) is 2.21. The van der Waals surface area contributed by atoms with Crippen molar-refractivity contribution >= 4 is 11.6 Å². The summed E-state index contributed by atoms with van der Waals surface area (Å²) in [7, 11) is 0. The Kier molecular flexibility index (Phi) is 3.71. The lowest BCUT2D eigenvalue weighted by Crippen LogP contribution is -2.44. The first-order valence-corrected chi connectivity index (χ1v) is 6.05. The number of nitro groups is 1. The highest BCUT2D eigenvalue weighted by Crippen LogP contribution is 2.25. The van der Waals surface area contributed by atoms with Gasteiger partial charge in [0.25, 0.3) is 0 Å². The van der Waals surface area contributed by atoms with Crippen LogP contribution in [0.1, 0.15) is 19.8 Å². The molecule has 0 amide bonds. The first kappa shape index (κ1) is 12.7. The van der Waals surface area contributed by atoms with Gasteiger partial charge in [-0.05, 0) is 32.2 Å². The average molecular weight is 251 g/mol. The van der Waals surface area contributed by atoms with Gasteiger partial charge in [-0.2, -0.15) is 0 Å². The van der Waals surface area contributed by atoms with Crippen LogP contribution in [0.3, 0.4) is 0 Å². The van der Waals surface area contributed by atoms with Gasteiger partial charge >= 0.3 is 5.69 Å². The van der Waals surface area contributed by atoms with E-state index >= 15 is 0 Å². The van der Waals surface area contributed by atoms with E-state index in [9.17, 15) is 10.1 Å². The monoisotopic (exact) mass is 251 g/mol. The highest BCUT2D eigenvalue weighted by Gasteiger charge is 2.26. The second kappa shape index (κ2) is 5.26. The minimum atomic E-state index is -0.494. The molecule has 2 rings (SSSR count). The van der Waals surface area contributed by atoms with E-state index in [1.165, 1.54) is 12.4 Å². The van der Waals surface area contributed by atoms with Crippen LogP contribution >= 0.6 is 0 Å². The molecule has 1 aliphatic heterocycles. The molecule has 0 aromatic carbocycles. The summed E-state index contributed by atoms with van der Waals surface area (Å²) in [6.45, 7) is 3.57. The van der Waals surface area contributed by atoms with Gasteiger partial charge in [-0.15, -0.1) is 0 Å². The molecule has 0 bridgehead atoms. The zero-order valence-corrected chi connectivity index (χ0v) is 10.3. The van der Waals surface area contributed by atoms with Crippen LogP contribution in [0.4, 0.5) is 11.6 Å². The summed E-state index contributed by atoms with van der Waals surface area (Å²) in [5.41, 5.74) is 5.61. The lowest BCUT2D eigenvalue weighted by Gasteiger charge is -2.37. The lowest BCUT2D eigenvalue weighted by atomic mass is 9.94. The van der Waals surface area contributed by atoms with Gasteiger partial charge in [0.05, 0.1) is 4.92 Å². The molecule has 2 heterocycles. The molecule has 0 saturated carbocycles. The molecule has 1 fully saturated rings. The number of nitrogens with zero attached hydrogens (tertiary/aromatic N) is 4. The van der Waals surface area contributed by atoms with Gasteiger partial charge in [0.1, 0.15) is 12.4 Å². The van der Waals surface area contributed by atoms with E-state index in [1.807, 2.05) is 0 Å². The van der Waals surface area contributed by atoms with Crippen molar-refractivity contribution in [1.82, 2.24) is 9.97 Å². The molecule has 0 aliphatic carbocycles. The number of rotatable bonds is 3. The minimum Gasteiger partial charge on any atom is -0.338 e. The molecule has 1 saturated heterocycles. The van der Waals surface area contributed by atoms with E-state index in [0.717, 1.165) is 19.4 Å². The van der Waals surface area contributed by atoms with Gasteiger partial charge in [0, 0.05) is 12.6 Å². The number of aromatic nitrogens is 2. The molecule has 1 aliphatic rings. The van der Waals surface area contributed by atoms with Crippen LogP contribution in [0.25, 0.3) is 0 Å². The maximum atomic E-state index is 10.5. The zero-order chi connectivity index (χ0) is 13.1. The first-order chi connectivity index (χ1) is 8.61. The third-order valence-electron chi connectivity index (χ3n) is 3.41. The summed E-state index contributed by atoms with van der Waals surface area (Å²) in [4.78, 5) is 20.3. The molecule has 98 valence electrons. The maximum absolute atomic E-state index is 10.5. The summed E-state index contributed by atoms with van der Waals surface area (Å²) in [6, 6.07) is 0.342. The van der Waals surface area contributed by atoms with Crippen LogP contribution < -0.4 is 10.6 Å². The molecule has 18 heavy (non-hydrogen) atoms. The topological polar surface area (TPSA) is 98.2 Å². The molecule has 2 N–H and O–H groups in total. The molecular formula is C11H17N5O2. The van der Waals surface area contributed by atoms with Crippen LogP contribution in [0.15, 0.2) is 12.4 Å². The number of anilines is 1. The predicted octanol–water partition coefficient (Wildman–Crippen LogP) is 0.948. The van der Waals surface area contributed by atoms with Crippen LogP contribution in [0, 0.1) is 16.0 Å². The van der Waals surface area contributed by atoms with Crippen molar-refractivity contribution in [2.24, 2.45) is 11.7 Å². The van der Waals surface area contributed by atoms with E-state index < -0.39 is 4.92 Å². The summed E-state index contributed by atoms with van der Waals surface area (Å²) in [6.07, 6.45) is 4.66. The Morgan fingerprint density at radius 2 is 2.17 bits per heavy atom. The van der Waals surface area contributed by atoms with Crippen LogP contribution in [-0.4, -0.2) is 34.0 Å². The van der Waals surface area contributed by atoms with E-state index in [0.29, 0.717) is 24.5 Å². The third-order valence-corrected chi connectivity index (χ3v) is 3.41. The Balaban J connectivity index is 2.16. The van der Waals surface area contributed by atoms with Crippen molar-refractivity contribution in [3.63, 3.8) is 0 Å². The van der Waals surface area contributed by atoms with Crippen LogP contribution in [0.2, 0.25) is 0 Å². The molecule has 7 heteroatoms. The Labute approximate surface area is 105 Å². The molecule has 0 spiro atoms. The van der Waals surface area contributed by atoms with E-state index in [-0.39, 0.29) is 5.69 Å². The summed E-state index contributed by atoms with van der Waals surface area (Å²) in [5.74, 6) is 0.992. The fourth-order valence-electron chi connectivity index (χ4n) is 2.21. The maximum Gasteiger partial charge on any atom is 0.305 e.